The van der Waals surface area contributed by atoms with Crippen LogP contribution in [0.3, 0.4) is 0 Å². The molecular weight excluding hydrogens is 180 g/mol. The number of aliphatic hydroxyl groups is 4. The van der Waals surface area contributed by atoms with Gasteiger partial charge < -0.3 is 25.2 Å². The first-order valence-corrected chi connectivity index (χ1v) is 3.88. The summed E-state index contributed by atoms with van der Waals surface area (Å²) >= 11 is 0. The van der Waals surface area contributed by atoms with Gasteiger partial charge in [-0.05, 0) is 0 Å². The summed E-state index contributed by atoms with van der Waals surface area (Å²) in [5, 5.41) is 36.5. The molecule has 7 N–H and O–H groups in total. The molecule has 7 heteroatoms. The molecule has 0 aliphatic carbocycles. The zero-order valence-electron chi connectivity index (χ0n) is 6.87. The Labute approximate surface area is 74.7 Å². The average molecular weight is 194 g/mol. The lowest BCUT2D eigenvalue weighted by atomic mass is 9.99. The first kappa shape index (κ1) is 10.8. The lowest BCUT2D eigenvalue weighted by Crippen LogP contribution is -2.63. The van der Waals surface area contributed by atoms with E-state index in [0.717, 1.165) is 0 Å². The molecule has 0 aromatic carbocycles. The van der Waals surface area contributed by atoms with Crippen LogP contribution in [0.4, 0.5) is 0 Å². The largest absolute Gasteiger partial charge is 0.394 e. The monoisotopic (exact) mass is 194 g/mol. The molecular formula is C6H14N2O5. The van der Waals surface area contributed by atoms with Crippen molar-refractivity contribution in [2.75, 3.05) is 6.61 Å². The Morgan fingerprint density at radius 3 is 2.23 bits per heavy atom. The Bertz CT molecular complexity index is 149. The van der Waals surface area contributed by atoms with E-state index in [1.165, 1.54) is 0 Å². The number of ether oxygens (including phenoxy) is 1. The highest BCUT2D eigenvalue weighted by Crippen LogP contribution is 2.18. The van der Waals surface area contributed by atoms with Crippen molar-refractivity contribution >= 4 is 0 Å². The Hall–Kier alpha value is -0.280. The second kappa shape index (κ2) is 4.29. The normalized spacial score (nSPS) is 46.4. The van der Waals surface area contributed by atoms with E-state index in [-0.39, 0.29) is 0 Å². The van der Waals surface area contributed by atoms with Gasteiger partial charge in [0, 0.05) is 0 Å². The molecule has 0 aromatic heterocycles. The highest BCUT2D eigenvalue weighted by molar-refractivity contribution is 4.90. The Kier molecular flexibility index (Phi) is 3.56. The van der Waals surface area contributed by atoms with Crippen molar-refractivity contribution in [2.24, 2.45) is 5.84 Å². The number of hydrogen-bond acceptors (Lipinski definition) is 7. The molecule has 0 bridgehead atoms. The fourth-order valence-corrected chi connectivity index (χ4v) is 1.24. The molecule has 1 heterocycles. The molecule has 0 saturated carbocycles. The van der Waals surface area contributed by atoms with Crippen LogP contribution in [-0.2, 0) is 4.74 Å². The van der Waals surface area contributed by atoms with E-state index in [4.69, 9.17) is 15.7 Å². The van der Waals surface area contributed by atoms with Gasteiger partial charge in [0.25, 0.3) is 0 Å². The van der Waals surface area contributed by atoms with Gasteiger partial charge in [-0.25, -0.2) is 5.43 Å². The summed E-state index contributed by atoms with van der Waals surface area (Å²) in [5.74, 6) is 5.01. The Morgan fingerprint density at radius 1 is 1.15 bits per heavy atom. The molecule has 0 unspecified atom stereocenters. The standard InChI is InChI=1S/C6H14N2O5/c7-8-6-5(12)4(11)3(10)2(1-9)13-6/h2-6,8-12H,1,7H2/t2-,3-,4+,5-,6-/m1/s1. The van der Waals surface area contributed by atoms with Crippen LogP contribution in [0.15, 0.2) is 0 Å². The summed E-state index contributed by atoms with van der Waals surface area (Å²) in [6.07, 6.45) is -5.95. The molecule has 1 aliphatic rings. The van der Waals surface area contributed by atoms with Crippen molar-refractivity contribution < 1.29 is 25.2 Å². The highest BCUT2D eigenvalue weighted by atomic mass is 16.6. The summed E-state index contributed by atoms with van der Waals surface area (Å²) in [6, 6.07) is 0. The Morgan fingerprint density at radius 2 is 1.77 bits per heavy atom. The topological polar surface area (TPSA) is 128 Å². The van der Waals surface area contributed by atoms with Gasteiger partial charge >= 0.3 is 0 Å². The molecule has 0 aromatic rings. The van der Waals surface area contributed by atoms with Gasteiger partial charge in [-0.15, -0.1) is 0 Å². The van der Waals surface area contributed by atoms with E-state index < -0.39 is 37.3 Å². The molecule has 13 heavy (non-hydrogen) atoms. The zero-order chi connectivity index (χ0) is 10.0. The van der Waals surface area contributed by atoms with Crippen molar-refractivity contribution in [2.45, 2.75) is 30.6 Å². The van der Waals surface area contributed by atoms with Gasteiger partial charge in [0.05, 0.1) is 6.61 Å². The highest BCUT2D eigenvalue weighted by Gasteiger charge is 2.42. The second-order valence-corrected chi connectivity index (χ2v) is 2.92. The molecule has 0 spiro atoms. The fourth-order valence-electron chi connectivity index (χ4n) is 1.24. The van der Waals surface area contributed by atoms with Crippen LogP contribution < -0.4 is 11.3 Å². The molecule has 78 valence electrons. The lowest BCUT2D eigenvalue weighted by molar-refractivity contribution is -0.236. The van der Waals surface area contributed by atoms with Crippen molar-refractivity contribution in [1.82, 2.24) is 5.43 Å². The lowest BCUT2D eigenvalue weighted by Gasteiger charge is -2.39. The van der Waals surface area contributed by atoms with E-state index in [9.17, 15) is 15.3 Å². The smallest absolute Gasteiger partial charge is 0.149 e. The quantitative estimate of drug-likeness (QED) is 0.197. The number of hydrogen-bond donors (Lipinski definition) is 6. The molecule has 1 aliphatic heterocycles. The van der Waals surface area contributed by atoms with Crippen LogP contribution in [-0.4, -0.2) is 57.7 Å². The number of nitrogens with two attached hydrogens (primary N) is 1. The number of hydrazine groups is 1. The number of aliphatic hydroxyl groups excluding tert-OH is 4. The van der Waals surface area contributed by atoms with E-state index in [1.54, 1.807) is 0 Å². The predicted octanol–water partition coefficient (Wildman–Crippen LogP) is -3.75. The number of rotatable bonds is 2. The summed E-state index contributed by atoms with van der Waals surface area (Å²) in [5.41, 5.74) is 2.11. The fraction of sp³-hybridized carbons (Fsp3) is 1.00. The molecule has 7 nitrogen and oxygen atoms in total. The maximum absolute atomic E-state index is 9.26. The van der Waals surface area contributed by atoms with Crippen LogP contribution in [0.5, 0.6) is 0 Å². The molecule has 1 saturated heterocycles. The predicted molar refractivity (Wildman–Crippen MR) is 41.1 cm³/mol. The third-order valence-corrected chi connectivity index (χ3v) is 2.06. The minimum atomic E-state index is -1.38. The van der Waals surface area contributed by atoms with E-state index in [1.807, 2.05) is 0 Å². The molecule has 0 amide bonds. The van der Waals surface area contributed by atoms with Crippen LogP contribution in [0.2, 0.25) is 0 Å². The summed E-state index contributed by atoms with van der Waals surface area (Å²) in [4.78, 5) is 0. The minimum Gasteiger partial charge on any atom is -0.394 e. The van der Waals surface area contributed by atoms with Gasteiger partial charge in [-0.2, -0.15) is 0 Å². The van der Waals surface area contributed by atoms with Crippen LogP contribution in [0, 0.1) is 0 Å². The summed E-state index contributed by atoms with van der Waals surface area (Å²) in [6.45, 7) is -0.455. The second-order valence-electron chi connectivity index (χ2n) is 2.92. The zero-order valence-corrected chi connectivity index (χ0v) is 6.87. The third-order valence-electron chi connectivity index (χ3n) is 2.06. The molecule has 5 atom stereocenters. The molecule has 1 rings (SSSR count). The third kappa shape index (κ3) is 1.97. The molecule has 0 radical (unpaired) electrons. The first-order chi connectivity index (χ1) is 6.11. The maximum Gasteiger partial charge on any atom is 0.149 e. The number of nitrogens with one attached hydrogen (secondary N) is 1. The van der Waals surface area contributed by atoms with Gasteiger partial charge in [-0.3, -0.25) is 5.84 Å². The van der Waals surface area contributed by atoms with Crippen LogP contribution in [0.25, 0.3) is 0 Å². The van der Waals surface area contributed by atoms with E-state index >= 15 is 0 Å². The van der Waals surface area contributed by atoms with Crippen molar-refractivity contribution in [1.29, 1.82) is 0 Å². The summed E-state index contributed by atoms with van der Waals surface area (Å²) < 4.78 is 4.93. The van der Waals surface area contributed by atoms with Crippen molar-refractivity contribution in [3.05, 3.63) is 0 Å². The summed E-state index contributed by atoms with van der Waals surface area (Å²) in [7, 11) is 0. The SMILES string of the molecule is NN[C@@H]1O[C@H](CO)[C@@H](O)[C@H](O)[C@H]1O. The van der Waals surface area contributed by atoms with Gasteiger partial charge in [0.1, 0.15) is 30.6 Å². The van der Waals surface area contributed by atoms with E-state index in [0.29, 0.717) is 0 Å². The van der Waals surface area contributed by atoms with Gasteiger partial charge in [0.2, 0.25) is 0 Å². The van der Waals surface area contributed by atoms with Crippen LogP contribution in [0.1, 0.15) is 0 Å². The van der Waals surface area contributed by atoms with Gasteiger partial charge in [-0.1, -0.05) is 0 Å². The van der Waals surface area contributed by atoms with Crippen molar-refractivity contribution in [3.8, 4) is 0 Å². The molecule has 1 fully saturated rings. The first-order valence-electron chi connectivity index (χ1n) is 3.88. The van der Waals surface area contributed by atoms with Crippen molar-refractivity contribution in [3.63, 3.8) is 0 Å². The van der Waals surface area contributed by atoms with Gasteiger partial charge in [0.15, 0.2) is 0 Å². The van der Waals surface area contributed by atoms with Crippen LogP contribution >= 0.6 is 0 Å². The Balaban J connectivity index is 2.66. The maximum atomic E-state index is 9.26. The average Bonchev–Trinajstić information content (AvgIpc) is 2.15. The minimum absolute atomic E-state index is 0.455. The van der Waals surface area contributed by atoms with E-state index in [2.05, 4.69) is 5.43 Å².